The summed E-state index contributed by atoms with van der Waals surface area (Å²) >= 11 is 5.91. The fraction of sp³-hybridized carbons (Fsp3) is 0.200. The fourth-order valence-electron chi connectivity index (χ4n) is 3.17. The van der Waals surface area contributed by atoms with E-state index in [1.165, 1.54) is 9.87 Å². The van der Waals surface area contributed by atoms with E-state index >= 15 is 0 Å². The van der Waals surface area contributed by atoms with Gasteiger partial charge in [-0.25, -0.2) is 13.8 Å². The Kier molecular flexibility index (Phi) is 8.25. The second-order valence-electron chi connectivity index (χ2n) is 7.72. The zero-order valence-electron chi connectivity index (χ0n) is 18.5. The number of hydrogen-bond donors (Lipinski definition) is 1. The number of hydrogen-bond acceptors (Lipinski definition) is 4. The molecule has 1 N–H and O–H groups in total. The first-order valence-corrected chi connectivity index (χ1v) is 12.6. The molecule has 3 aromatic rings. The van der Waals surface area contributed by atoms with E-state index in [0.29, 0.717) is 16.3 Å². The minimum Gasteiger partial charge on any atom is -0.267 e. The van der Waals surface area contributed by atoms with Gasteiger partial charge in [0.05, 0.1) is 18.5 Å². The van der Waals surface area contributed by atoms with Crippen molar-refractivity contribution in [3.05, 3.63) is 101 Å². The van der Waals surface area contributed by atoms with Crippen LogP contribution in [0.1, 0.15) is 34.8 Å². The molecule has 0 spiro atoms. The van der Waals surface area contributed by atoms with Crippen molar-refractivity contribution in [2.45, 2.75) is 26.3 Å². The van der Waals surface area contributed by atoms with Crippen LogP contribution in [0.5, 0.6) is 0 Å². The summed E-state index contributed by atoms with van der Waals surface area (Å²) in [7, 11) is -3.53. The number of anilines is 1. The summed E-state index contributed by atoms with van der Waals surface area (Å²) in [4.78, 5) is 12.5. The van der Waals surface area contributed by atoms with Gasteiger partial charge in [0.15, 0.2) is 0 Å². The van der Waals surface area contributed by atoms with Crippen LogP contribution in [-0.4, -0.2) is 26.3 Å². The monoisotopic (exact) mass is 483 g/mol. The predicted molar refractivity (Wildman–Crippen MR) is 134 cm³/mol. The number of nitrogens with one attached hydrogen (secondary N) is 1. The number of carbonyl (C=O) groups is 1. The summed E-state index contributed by atoms with van der Waals surface area (Å²) in [6.07, 6.45) is 2.73. The van der Waals surface area contributed by atoms with Crippen molar-refractivity contribution in [3.63, 3.8) is 0 Å². The third-order valence-corrected chi connectivity index (χ3v) is 6.42. The number of benzene rings is 3. The quantitative estimate of drug-likeness (QED) is 0.342. The molecule has 6 nitrogen and oxygen atoms in total. The molecule has 172 valence electrons. The van der Waals surface area contributed by atoms with Crippen molar-refractivity contribution in [1.82, 2.24) is 5.43 Å². The van der Waals surface area contributed by atoms with Gasteiger partial charge in [-0.2, -0.15) is 5.10 Å². The maximum Gasteiger partial charge on any atom is 0.271 e. The van der Waals surface area contributed by atoms with Crippen LogP contribution in [0.25, 0.3) is 0 Å². The Balaban J connectivity index is 1.64. The van der Waals surface area contributed by atoms with Crippen LogP contribution in [0.2, 0.25) is 5.02 Å². The van der Waals surface area contributed by atoms with Crippen LogP contribution in [0.4, 0.5) is 5.69 Å². The molecule has 1 amide bonds. The van der Waals surface area contributed by atoms with Crippen molar-refractivity contribution in [2.24, 2.45) is 5.10 Å². The number of nitrogens with zero attached hydrogens (tertiary/aromatic N) is 2. The van der Waals surface area contributed by atoms with E-state index in [4.69, 9.17) is 11.6 Å². The maximum absolute atomic E-state index is 12.5. The zero-order chi connectivity index (χ0) is 23.8. The number of sulfonamides is 1. The molecule has 0 unspecified atom stereocenters. The van der Waals surface area contributed by atoms with Crippen LogP contribution in [-0.2, 0) is 23.0 Å². The van der Waals surface area contributed by atoms with Crippen molar-refractivity contribution >= 4 is 38.9 Å². The lowest BCUT2D eigenvalue weighted by molar-refractivity contribution is 0.0954. The maximum atomic E-state index is 12.5. The Bertz CT molecular complexity index is 1210. The van der Waals surface area contributed by atoms with Gasteiger partial charge >= 0.3 is 0 Å². The standard InChI is InChI=1S/C25H26ClN3O3S/c1-19(8-9-20-6-4-3-5-7-20)27-28-25(30)22-12-16-24(17-13-22)29(33(2,31)32)18-21-10-14-23(26)15-11-21/h3-7,10-17H,8-9,18H2,1-2H3,(H,28,30)/b27-19-. The van der Waals surface area contributed by atoms with Gasteiger partial charge in [0, 0.05) is 16.3 Å². The molecule has 8 heteroatoms. The van der Waals surface area contributed by atoms with Gasteiger partial charge < -0.3 is 0 Å². The summed E-state index contributed by atoms with van der Waals surface area (Å²) in [6.45, 7) is 2.03. The van der Waals surface area contributed by atoms with E-state index < -0.39 is 10.0 Å². The lowest BCUT2D eigenvalue weighted by atomic mass is 10.1. The molecule has 3 aromatic carbocycles. The van der Waals surface area contributed by atoms with E-state index in [9.17, 15) is 13.2 Å². The highest BCUT2D eigenvalue weighted by atomic mass is 35.5. The minimum atomic E-state index is -3.53. The van der Waals surface area contributed by atoms with Crippen LogP contribution in [0, 0.1) is 0 Å². The number of carbonyl (C=O) groups excluding carboxylic acids is 1. The van der Waals surface area contributed by atoms with E-state index in [0.717, 1.165) is 30.4 Å². The van der Waals surface area contributed by atoms with Gasteiger partial charge in [0.2, 0.25) is 10.0 Å². The molecule has 0 saturated heterocycles. The Morgan fingerprint density at radius 2 is 1.58 bits per heavy atom. The second-order valence-corrected chi connectivity index (χ2v) is 10.1. The van der Waals surface area contributed by atoms with Gasteiger partial charge in [0.25, 0.3) is 5.91 Å². The van der Waals surface area contributed by atoms with Gasteiger partial charge in [-0.3, -0.25) is 9.10 Å². The van der Waals surface area contributed by atoms with Crippen LogP contribution < -0.4 is 9.73 Å². The van der Waals surface area contributed by atoms with Crippen molar-refractivity contribution in [1.29, 1.82) is 0 Å². The van der Waals surface area contributed by atoms with Gasteiger partial charge in [0.1, 0.15) is 0 Å². The smallest absolute Gasteiger partial charge is 0.267 e. The number of hydrazone groups is 1. The molecule has 0 radical (unpaired) electrons. The normalized spacial score (nSPS) is 11.8. The number of aryl methyl sites for hydroxylation is 1. The lowest BCUT2D eigenvalue weighted by Crippen LogP contribution is -2.29. The molecule has 0 fully saturated rings. The van der Waals surface area contributed by atoms with E-state index in [-0.39, 0.29) is 12.5 Å². The highest BCUT2D eigenvalue weighted by Gasteiger charge is 2.18. The molecule has 33 heavy (non-hydrogen) atoms. The molecule has 0 saturated carbocycles. The summed E-state index contributed by atoms with van der Waals surface area (Å²) < 4.78 is 26.0. The van der Waals surface area contributed by atoms with E-state index in [1.54, 1.807) is 48.5 Å². The first-order chi connectivity index (χ1) is 15.7. The molecular weight excluding hydrogens is 458 g/mol. The number of rotatable bonds is 9. The summed E-state index contributed by atoms with van der Waals surface area (Å²) in [5, 5.41) is 4.76. The Labute approximate surface area is 200 Å². The van der Waals surface area contributed by atoms with Gasteiger partial charge in [-0.15, -0.1) is 0 Å². The Hall–Kier alpha value is -3.16. The summed E-state index contributed by atoms with van der Waals surface area (Å²) in [5.74, 6) is -0.357. The number of halogens is 1. The second kappa shape index (κ2) is 11.1. The number of amides is 1. The average molecular weight is 484 g/mol. The molecule has 0 atom stereocenters. The topological polar surface area (TPSA) is 78.8 Å². The van der Waals surface area contributed by atoms with Crippen molar-refractivity contribution in [2.75, 3.05) is 10.6 Å². The highest BCUT2D eigenvalue weighted by molar-refractivity contribution is 7.92. The van der Waals surface area contributed by atoms with Crippen LogP contribution in [0.15, 0.2) is 84.0 Å². The largest absolute Gasteiger partial charge is 0.271 e. The molecule has 3 rings (SSSR count). The Morgan fingerprint density at radius 1 is 0.939 bits per heavy atom. The third kappa shape index (κ3) is 7.44. The summed E-state index contributed by atoms with van der Waals surface area (Å²) in [5.41, 5.74) is 6.24. The average Bonchev–Trinajstić information content (AvgIpc) is 2.81. The highest BCUT2D eigenvalue weighted by Crippen LogP contribution is 2.22. The molecular formula is C25H26ClN3O3S. The van der Waals surface area contributed by atoms with Crippen molar-refractivity contribution in [3.8, 4) is 0 Å². The lowest BCUT2D eigenvalue weighted by Gasteiger charge is -2.22. The van der Waals surface area contributed by atoms with Crippen molar-refractivity contribution < 1.29 is 13.2 Å². The zero-order valence-corrected chi connectivity index (χ0v) is 20.1. The molecule has 0 heterocycles. The first-order valence-electron chi connectivity index (χ1n) is 10.4. The van der Waals surface area contributed by atoms with E-state index in [1.807, 2.05) is 25.1 Å². The molecule has 0 aromatic heterocycles. The SMILES string of the molecule is C/C(CCc1ccccc1)=N/NC(=O)c1ccc(N(Cc2ccc(Cl)cc2)S(C)(=O)=O)cc1. The van der Waals surface area contributed by atoms with E-state index in [2.05, 4.69) is 22.7 Å². The molecule has 0 aliphatic carbocycles. The Morgan fingerprint density at radius 3 is 2.18 bits per heavy atom. The molecule has 0 aliphatic rings. The first kappa shape index (κ1) is 24.5. The third-order valence-electron chi connectivity index (χ3n) is 5.02. The minimum absolute atomic E-state index is 0.159. The van der Waals surface area contributed by atoms with Crippen LogP contribution in [0.3, 0.4) is 0 Å². The van der Waals surface area contributed by atoms with Gasteiger partial charge in [-0.1, -0.05) is 54.1 Å². The van der Waals surface area contributed by atoms with Gasteiger partial charge in [-0.05, 0) is 67.3 Å². The molecule has 0 bridgehead atoms. The summed E-state index contributed by atoms with van der Waals surface area (Å²) in [6, 6.07) is 23.4. The predicted octanol–water partition coefficient (Wildman–Crippen LogP) is 5.04. The molecule has 0 aliphatic heterocycles. The fourth-order valence-corrected chi connectivity index (χ4v) is 4.19. The van der Waals surface area contributed by atoms with Crippen LogP contribution >= 0.6 is 11.6 Å².